The Kier molecular flexibility index (Phi) is 5.98. The molecule has 1 fully saturated rings. The molecule has 0 spiro atoms. The van der Waals surface area contributed by atoms with E-state index >= 15 is 0 Å². The van der Waals surface area contributed by atoms with Crippen molar-refractivity contribution in [3.05, 3.63) is 0 Å². The standard InChI is InChI=1S/C15H29BrO/c1-11(2)13(5)17-15(10-16)8-6-14(7-9-15)12(3)4/h11-14H,6-10H2,1-5H3. The van der Waals surface area contributed by atoms with Gasteiger partial charge < -0.3 is 4.74 Å². The van der Waals surface area contributed by atoms with Gasteiger partial charge in [0.2, 0.25) is 0 Å². The summed E-state index contributed by atoms with van der Waals surface area (Å²) in [5.74, 6) is 2.33. The Hall–Kier alpha value is 0.440. The minimum absolute atomic E-state index is 0.106. The number of alkyl halides is 1. The maximum absolute atomic E-state index is 6.37. The summed E-state index contributed by atoms with van der Waals surface area (Å²) in [6.45, 7) is 11.4. The largest absolute Gasteiger partial charge is 0.371 e. The quantitative estimate of drug-likeness (QED) is 0.647. The Balaban J connectivity index is 2.55. The molecule has 102 valence electrons. The fourth-order valence-corrected chi connectivity index (χ4v) is 3.34. The van der Waals surface area contributed by atoms with Crippen LogP contribution in [0.1, 0.15) is 60.3 Å². The molecule has 1 atom stereocenters. The van der Waals surface area contributed by atoms with Gasteiger partial charge in [0.05, 0.1) is 11.7 Å². The molecule has 1 nitrogen and oxygen atoms in total. The maximum atomic E-state index is 6.37. The van der Waals surface area contributed by atoms with Crippen LogP contribution in [0.5, 0.6) is 0 Å². The highest BCUT2D eigenvalue weighted by Crippen LogP contribution is 2.40. The van der Waals surface area contributed by atoms with E-state index in [1.807, 2.05) is 0 Å². The summed E-state index contributed by atoms with van der Waals surface area (Å²) in [6.07, 6.45) is 5.46. The van der Waals surface area contributed by atoms with Gasteiger partial charge in [0.25, 0.3) is 0 Å². The van der Waals surface area contributed by atoms with Gasteiger partial charge in [0.15, 0.2) is 0 Å². The highest BCUT2D eigenvalue weighted by atomic mass is 79.9. The second kappa shape index (κ2) is 6.56. The zero-order valence-electron chi connectivity index (χ0n) is 12.1. The predicted octanol–water partition coefficient (Wildman–Crippen LogP) is 5.03. The Morgan fingerprint density at radius 2 is 1.65 bits per heavy atom. The Bertz CT molecular complexity index is 217. The lowest BCUT2D eigenvalue weighted by Gasteiger charge is -2.42. The molecular formula is C15H29BrO. The third-order valence-corrected chi connectivity index (χ3v) is 5.52. The Morgan fingerprint density at radius 1 is 1.12 bits per heavy atom. The smallest absolute Gasteiger partial charge is 0.0782 e. The van der Waals surface area contributed by atoms with Crippen molar-refractivity contribution >= 4 is 15.9 Å². The second-order valence-corrected chi connectivity index (χ2v) is 7.03. The van der Waals surface area contributed by atoms with Crippen LogP contribution in [0.2, 0.25) is 0 Å². The molecule has 0 aromatic rings. The van der Waals surface area contributed by atoms with E-state index in [0.29, 0.717) is 12.0 Å². The molecule has 0 radical (unpaired) electrons. The lowest BCUT2D eigenvalue weighted by Crippen LogP contribution is -2.43. The number of hydrogen-bond donors (Lipinski definition) is 0. The summed E-state index contributed by atoms with van der Waals surface area (Å²) in [5, 5.41) is 0.988. The molecule has 2 heteroatoms. The summed E-state index contributed by atoms with van der Waals surface area (Å²) >= 11 is 3.68. The van der Waals surface area contributed by atoms with Crippen molar-refractivity contribution in [1.82, 2.24) is 0 Å². The molecule has 1 unspecified atom stereocenters. The van der Waals surface area contributed by atoms with E-state index in [4.69, 9.17) is 4.74 Å². The Labute approximate surface area is 116 Å². The van der Waals surface area contributed by atoms with E-state index in [0.717, 1.165) is 17.2 Å². The summed E-state index contributed by atoms with van der Waals surface area (Å²) in [7, 11) is 0. The van der Waals surface area contributed by atoms with Crippen LogP contribution < -0.4 is 0 Å². The molecule has 1 aliphatic rings. The van der Waals surface area contributed by atoms with Gasteiger partial charge in [0.1, 0.15) is 0 Å². The SMILES string of the molecule is CC(C)C1CCC(CBr)(OC(C)C(C)C)CC1. The van der Waals surface area contributed by atoms with Crippen LogP contribution in [0.25, 0.3) is 0 Å². The average molecular weight is 305 g/mol. The van der Waals surface area contributed by atoms with Crippen molar-refractivity contribution in [1.29, 1.82) is 0 Å². The van der Waals surface area contributed by atoms with Crippen molar-refractivity contribution in [2.24, 2.45) is 17.8 Å². The fraction of sp³-hybridized carbons (Fsp3) is 1.00. The molecule has 0 bridgehead atoms. The van der Waals surface area contributed by atoms with Gasteiger partial charge in [0, 0.05) is 5.33 Å². The monoisotopic (exact) mass is 304 g/mol. The summed E-state index contributed by atoms with van der Waals surface area (Å²) in [6, 6.07) is 0. The third-order valence-electron chi connectivity index (χ3n) is 4.50. The fourth-order valence-electron chi connectivity index (χ4n) is 2.65. The van der Waals surface area contributed by atoms with Crippen molar-refractivity contribution in [3.8, 4) is 0 Å². The van der Waals surface area contributed by atoms with Crippen LogP contribution in [0.15, 0.2) is 0 Å². The first-order valence-corrected chi connectivity index (χ1v) is 8.26. The lowest BCUT2D eigenvalue weighted by molar-refractivity contribution is -0.114. The van der Waals surface area contributed by atoms with Gasteiger partial charge in [-0.3, -0.25) is 0 Å². The highest BCUT2D eigenvalue weighted by Gasteiger charge is 2.37. The van der Waals surface area contributed by atoms with Crippen LogP contribution in [0, 0.1) is 17.8 Å². The molecular weight excluding hydrogens is 276 g/mol. The van der Waals surface area contributed by atoms with E-state index in [2.05, 4.69) is 50.5 Å². The zero-order chi connectivity index (χ0) is 13.1. The third kappa shape index (κ3) is 4.24. The van der Waals surface area contributed by atoms with Gasteiger partial charge in [-0.1, -0.05) is 43.6 Å². The molecule has 0 aromatic carbocycles. The normalized spacial score (nSPS) is 32.1. The molecule has 0 aromatic heterocycles. The highest BCUT2D eigenvalue weighted by molar-refractivity contribution is 9.09. The van der Waals surface area contributed by atoms with Crippen LogP contribution in [-0.4, -0.2) is 17.0 Å². The van der Waals surface area contributed by atoms with E-state index in [-0.39, 0.29) is 5.60 Å². The Morgan fingerprint density at radius 3 is 2.00 bits per heavy atom. The second-order valence-electron chi connectivity index (χ2n) is 6.47. The predicted molar refractivity (Wildman–Crippen MR) is 78.7 cm³/mol. The van der Waals surface area contributed by atoms with Gasteiger partial charge >= 0.3 is 0 Å². The van der Waals surface area contributed by atoms with Crippen molar-refractivity contribution in [3.63, 3.8) is 0 Å². The topological polar surface area (TPSA) is 9.23 Å². The minimum atomic E-state index is 0.106. The summed E-state index contributed by atoms with van der Waals surface area (Å²) in [4.78, 5) is 0. The molecule has 1 aliphatic carbocycles. The molecule has 17 heavy (non-hydrogen) atoms. The van der Waals surface area contributed by atoms with E-state index in [1.165, 1.54) is 25.7 Å². The van der Waals surface area contributed by atoms with Gasteiger partial charge in [-0.25, -0.2) is 0 Å². The van der Waals surface area contributed by atoms with Crippen molar-refractivity contribution < 1.29 is 4.74 Å². The zero-order valence-corrected chi connectivity index (χ0v) is 13.7. The molecule has 1 rings (SSSR count). The first-order chi connectivity index (χ1) is 7.90. The number of ether oxygens (including phenoxy) is 1. The summed E-state index contributed by atoms with van der Waals surface area (Å²) in [5.41, 5.74) is 0.106. The van der Waals surface area contributed by atoms with Crippen LogP contribution >= 0.6 is 15.9 Å². The summed E-state index contributed by atoms with van der Waals surface area (Å²) < 4.78 is 6.37. The van der Waals surface area contributed by atoms with E-state index in [9.17, 15) is 0 Å². The van der Waals surface area contributed by atoms with E-state index in [1.54, 1.807) is 0 Å². The van der Waals surface area contributed by atoms with Crippen LogP contribution in [-0.2, 0) is 4.74 Å². The first-order valence-electron chi connectivity index (χ1n) is 7.14. The van der Waals surface area contributed by atoms with Crippen LogP contribution in [0.3, 0.4) is 0 Å². The van der Waals surface area contributed by atoms with Crippen molar-refractivity contribution in [2.45, 2.75) is 72.0 Å². The first kappa shape index (κ1) is 15.5. The average Bonchev–Trinajstić information content (AvgIpc) is 2.29. The number of rotatable bonds is 5. The maximum Gasteiger partial charge on any atom is 0.0782 e. The molecule has 0 heterocycles. The van der Waals surface area contributed by atoms with Crippen LogP contribution in [0.4, 0.5) is 0 Å². The molecule has 0 saturated heterocycles. The molecule has 1 saturated carbocycles. The van der Waals surface area contributed by atoms with E-state index < -0.39 is 0 Å². The van der Waals surface area contributed by atoms with Gasteiger partial charge in [-0.2, -0.15) is 0 Å². The van der Waals surface area contributed by atoms with Gasteiger partial charge in [-0.15, -0.1) is 0 Å². The molecule has 0 aliphatic heterocycles. The minimum Gasteiger partial charge on any atom is -0.371 e. The number of halogens is 1. The van der Waals surface area contributed by atoms with Gasteiger partial charge in [-0.05, 0) is 50.4 Å². The molecule has 0 N–H and O–H groups in total. The lowest BCUT2D eigenvalue weighted by atomic mass is 9.75. The molecule has 0 amide bonds. The van der Waals surface area contributed by atoms with Crippen molar-refractivity contribution in [2.75, 3.05) is 5.33 Å². The number of hydrogen-bond acceptors (Lipinski definition) is 1.